The average molecular weight is 429 g/mol. The summed E-state index contributed by atoms with van der Waals surface area (Å²) < 4.78 is 5.80. The highest BCUT2D eigenvalue weighted by Gasteiger charge is 2.56. The molecule has 2 aromatic carbocycles. The SMILES string of the molecule is O=C1CC=CC=C1[P+](c1ccccc1)(c1ccccc1)C1CCOC1.[Br-]. The normalized spacial score (nSPS) is 19.8. The minimum atomic E-state index is -2.04. The van der Waals surface area contributed by atoms with Gasteiger partial charge in [0.25, 0.3) is 0 Å². The van der Waals surface area contributed by atoms with Gasteiger partial charge >= 0.3 is 0 Å². The largest absolute Gasteiger partial charge is 1.00 e. The van der Waals surface area contributed by atoms with E-state index in [0.29, 0.717) is 12.1 Å². The van der Waals surface area contributed by atoms with Crippen molar-refractivity contribution in [2.45, 2.75) is 18.5 Å². The highest BCUT2D eigenvalue weighted by Crippen LogP contribution is 2.69. The molecule has 1 unspecified atom stereocenters. The lowest BCUT2D eigenvalue weighted by Gasteiger charge is -2.33. The summed E-state index contributed by atoms with van der Waals surface area (Å²) in [4.78, 5) is 13.0. The Balaban J connectivity index is 0.00000196. The molecule has 4 rings (SSSR count). The van der Waals surface area contributed by atoms with E-state index in [1.54, 1.807) is 0 Å². The second-order valence-electron chi connectivity index (χ2n) is 6.52. The lowest BCUT2D eigenvalue weighted by Crippen LogP contribution is -3.00. The van der Waals surface area contributed by atoms with E-state index in [-0.39, 0.29) is 22.8 Å². The van der Waals surface area contributed by atoms with Crippen molar-refractivity contribution in [3.63, 3.8) is 0 Å². The molecule has 0 amide bonds. The number of halogens is 1. The van der Waals surface area contributed by atoms with Gasteiger partial charge in [0.05, 0.1) is 13.2 Å². The number of allylic oxidation sites excluding steroid dienone is 4. The molecule has 0 spiro atoms. The number of carbonyl (C=O) groups is 1. The van der Waals surface area contributed by atoms with Gasteiger partial charge in [0.15, 0.2) is 0 Å². The van der Waals surface area contributed by atoms with Crippen LogP contribution >= 0.6 is 7.26 Å². The van der Waals surface area contributed by atoms with Crippen LogP contribution in [0.4, 0.5) is 0 Å². The third-order valence-corrected chi connectivity index (χ3v) is 10.0. The molecule has 1 aliphatic carbocycles. The van der Waals surface area contributed by atoms with E-state index in [4.69, 9.17) is 4.74 Å². The summed E-state index contributed by atoms with van der Waals surface area (Å²) in [6.45, 7) is 1.51. The number of hydrogen-bond donors (Lipinski definition) is 0. The Morgan fingerprint density at radius 2 is 1.54 bits per heavy atom. The molecule has 2 nitrogen and oxygen atoms in total. The van der Waals surface area contributed by atoms with E-state index < -0.39 is 7.26 Å². The number of benzene rings is 2. The Hall–Kier alpha value is -1.54. The molecule has 1 aliphatic heterocycles. The van der Waals surface area contributed by atoms with Gasteiger partial charge in [-0.1, -0.05) is 48.6 Å². The summed E-state index contributed by atoms with van der Waals surface area (Å²) in [7, 11) is -2.04. The average Bonchev–Trinajstić information content (AvgIpc) is 3.21. The third-order valence-electron chi connectivity index (χ3n) is 5.14. The van der Waals surface area contributed by atoms with Crippen LogP contribution in [0.15, 0.2) is 84.2 Å². The Labute approximate surface area is 166 Å². The van der Waals surface area contributed by atoms with Gasteiger partial charge in [-0.15, -0.1) is 0 Å². The van der Waals surface area contributed by atoms with Crippen LogP contribution in [0.25, 0.3) is 0 Å². The van der Waals surface area contributed by atoms with E-state index in [0.717, 1.165) is 24.9 Å². The van der Waals surface area contributed by atoms with Gasteiger partial charge in [0.1, 0.15) is 28.8 Å². The number of carbonyl (C=O) groups excluding carboxylic acids is 1. The molecule has 1 heterocycles. The monoisotopic (exact) mass is 428 g/mol. The van der Waals surface area contributed by atoms with Crippen LogP contribution in [-0.2, 0) is 9.53 Å². The zero-order valence-corrected chi connectivity index (χ0v) is 17.0. The number of ketones is 1. The van der Waals surface area contributed by atoms with E-state index in [9.17, 15) is 4.79 Å². The standard InChI is InChI=1S/C22H22O2P.BrH/c23-21-13-7-8-14-22(21)25(20-15-16-24-17-20,18-9-3-1-4-10-18)19-11-5-2-6-12-19;/h1-12,14,20H,13,15-17H2;1H/q+1;/p-1. The number of hydrogen-bond acceptors (Lipinski definition) is 2. The van der Waals surface area contributed by atoms with Crippen LogP contribution < -0.4 is 27.6 Å². The molecular weight excluding hydrogens is 407 g/mol. The van der Waals surface area contributed by atoms with Crippen molar-refractivity contribution in [3.8, 4) is 0 Å². The lowest BCUT2D eigenvalue weighted by atomic mass is 10.2. The molecular formula is C22H22BrO2P. The summed E-state index contributed by atoms with van der Waals surface area (Å²) in [6.07, 6.45) is 7.58. The van der Waals surface area contributed by atoms with Gasteiger partial charge in [-0.25, -0.2) is 0 Å². The fourth-order valence-electron chi connectivity index (χ4n) is 4.05. The van der Waals surface area contributed by atoms with Crippen LogP contribution in [0, 0.1) is 0 Å². The molecule has 26 heavy (non-hydrogen) atoms. The van der Waals surface area contributed by atoms with Gasteiger partial charge in [-0.2, -0.15) is 0 Å². The first-order valence-electron chi connectivity index (χ1n) is 8.82. The smallest absolute Gasteiger partial charge is 0.202 e. The molecule has 0 N–H and O–H groups in total. The summed E-state index contributed by atoms with van der Waals surface area (Å²) in [5.74, 6) is 0.260. The Morgan fingerprint density at radius 3 is 2.04 bits per heavy atom. The van der Waals surface area contributed by atoms with E-state index in [1.165, 1.54) is 10.6 Å². The van der Waals surface area contributed by atoms with Crippen LogP contribution in [0.2, 0.25) is 0 Å². The van der Waals surface area contributed by atoms with E-state index >= 15 is 0 Å². The molecule has 0 bridgehead atoms. The molecule has 2 aliphatic rings. The van der Waals surface area contributed by atoms with Gasteiger partial charge in [0.2, 0.25) is 5.78 Å². The van der Waals surface area contributed by atoms with Crippen LogP contribution in [0.5, 0.6) is 0 Å². The van der Waals surface area contributed by atoms with Crippen molar-refractivity contribution in [1.29, 1.82) is 0 Å². The van der Waals surface area contributed by atoms with Gasteiger partial charge in [0, 0.05) is 12.8 Å². The summed E-state index contributed by atoms with van der Waals surface area (Å²) in [5.41, 5.74) is 0.360. The first-order valence-corrected chi connectivity index (χ1v) is 10.7. The molecule has 0 aromatic heterocycles. The van der Waals surface area contributed by atoms with Crippen LogP contribution in [0.1, 0.15) is 12.8 Å². The van der Waals surface area contributed by atoms with Crippen molar-refractivity contribution in [1.82, 2.24) is 0 Å². The fourth-order valence-corrected chi connectivity index (χ4v) is 9.05. The fraction of sp³-hybridized carbons (Fsp3) is 0.227. The maximum absolute atomic E-state index is 13.0. The molecule has 134 valence electrons. The second kappa shape index (κ2) is 8.43. The van der Waals surface area contributed by atoms with E-state index in [1.807, 2.05) is 24.3 Å². The summed E-state index contributed by atoms with van der Waals surface area (Å²) in [5, 5.41) is 3.57. The van der Waals surface area contributed by atoms with Crippen molar-refractivity contribution >= 4 is 23.7 Å². The summed E-state index contributed by atoms with van der Waals surface area (Å²) in [6, 6.07) is 21.3. The lowest BCUT2D eigenvalue weighted by molar-refractivity contribution is -0.114. The molecule has 0 saturated carbocycles. The highest BCUT2D eigenvalue weighted by atomic mass is 79.9. The highest BCUT2D eigenvalue weighted by molar-refractivity contribution is 7.94. The number of ether oxygens (including phenoxy) is 1. The maximum atomic E-state index is 13.0. The van der Waals surface area contributed by atoms with E-state index in [2.05, 4.69) is 54.6 Å². The molecule has 4 heteroatoms. The molecule has 2 aromatic rings. The van der Waals surface area contributed by atoms with Crippen molar-refractivity contribution in [2.24, 2.45) is 0 Å². The van der Waals surface area contributed by atoms with Crippen molar-refractivity contribution < 1.29 is 26.5 Å². The van der Waals surface area contributed by atoms with Gasteiger partial charge in [-0.3, -0.25) is 4.79 Å². The first kappa shape index (κ1) is 19.2. The van der Waals surface area contributed by atoms with Crippen LogP contribution in [-0.4, -0.2) is 24.7 Å². The number of Topliss-reactive ketones (excluding diaryl/α,β-unsaturated/α-hetero) is 1. The van der Waals surface area contributed by atoms with Gasteiger partial charge in [-0.05, 0) is 30.3 Å². The second-order valence-corrected chi connectivity index (χ2v) is 10.2. The Bertz CT molecular complexity index is 769. The predicted molar refractivity (Wildman–Crippen MR) is 105 cm³/mol. The third kappa shape index (κ3) is 3.24. The summed E-state index contributed by atoms with van der Waals surface area (Å²) >= 11 is 0. The molecule has 1 atom stereocenters. The number of rotatable bonds is 4. The van der Waals surface area contributed by atoms with Crippen LogP contribution in [0.3, 0.4) is 0 Å². The molecule has 0 radical (unpaired) electrons. The van der Waals surface area contributed by atoms with Crippen molar-refractivity contribution in [2.75, 3.05) is 13.2 Å². The molecule has 1 fully saturated rings. The maximum Gasteiger partial charge on any atom is 0.202 e. The molecule has 1 saturated heterocycles. The van der Waals surface area contributed by atoms with Crippen molar-refractivity contribution in [3.05, 3.63) is 84.2 Å². The van der Waals surface area contributed by atoms with Gasteiger partial charge < -0.3 is 21.7 Å². The minimum Gasteiger partial charge on any atom is -1.00 e. The minimum absolute atomic E-state index is 0. The Kier molecular flexibility index (Phi) is 6.24. The topological polar surface area (TPSA) is 26.3 Å². The first-order chi connectivity index (χ1) is 12.3. The zero-order chi connectivity index (χ0) is 17.1. The quantitative estimate of drug-likeness (QED) is 0.675. The zero-order valence-electron chi connectivity index (χ0n) is 14.6. The predicted octanol–water partition coefficient (Wildman–Crippen LogP) is 0.861. The Morgan fingerprint density at radius 1 is 0.923 bits per heavy atom.